The lowest BCUT2D eigenvalue weighted by molar-refractivity contribution is -0.137. The number of sulfonamides is 1. The third kappa shape index (κ3) is 5.22. The van der Waals surface area contributed by atoms with Crippen molar-refractivity contribution in [3.63, 3.8) is 0 Å². The van der Waals surface area contributed by atoms with Crippen molar-refractivity contribution >= 4 is 15.9 Å². The summed E-state index contributed by atoms with van der Waals surface area (Å²) in [5.41, 5.74) is -0.157. The number of nitrogens with one attached hydrogen (secondary N) is 1. The van der Waals surface area contributed by atoms with Crippen LogP contribution < -0.4 is 9.46 Å². The molecule has 0 saturated heterocycles. The predicted octanol–water partition coefficient (Wildman–Crippen LogP) is 3.15. The van der Waals surface area contributed by atoms with Crippen molar-refractivity contribution in [1.29, 1.82) is 0 Å². The van der Waals surface area contributed by atoms with Crippen molar-refractivity contribution in [1.82, 2.24) is 4.72 Å². The number of rotatable bonds is 6. The van der Waals surface area contributed by atoms with Gasteiger partial charge in [0.2, 0.25) is 5.91 Å². The molecule has 0 spiro atoms. The molecule has 0 aromatic heterocycles. The molecule has 0 radical (unpaired) electrons. The zero-order chi connectivity index (χ0) is 19.4. The molecule has 0 fully saturated rings. The summed E-state index contributed by atoms with van der Waals surface area (Å²) in [5, 5.41) is 0. The van der Waals surface area contributed by atoms with Gasteiger partial charge in [0.25, 0.3) is 10.0 Å². The summed E-state index contributed by atoms with van der Waals surface area (Å²) < 4.78 is 68.5. The molecule has 0 heterocycles. The first kappa shape index (κ1) is 19.8. The van der Waals surface area contributed by atoms with Gasteiger partial charge in [-0.25, -0.2) is 13.1 Å². The van der Waals surface area contributed by atoms with E-state index in [4.69, 9.17) is 4.74 Å². The van der Waals surface area contributed by atoms with Gasteiger partial charge in [-0.15, -0.1) is 0 Å². The highest BCUT2D eigenvalue weighted by molar-refractivity contribution is 7.90. The molecule has 0 atom stereocenters. The molecule has 0 aliphatic rings. The van der Waals surface area contributed by atoms with Crippen LogP contribution in [-0.2, 0) is 27.4 Å². The fourth-order valence-electron chi connectivity index (χ4n) is 2.13. The molecule has 0 aliphatic carbocycles. The summed E-state index contributed by atoms with van der Waals surface area (Å²) in [5.74, 6) is -0.0937. The second-order valence-corrected chi connectivity index (χ2v) is 7.08. The zero-order valence-electron chi connectivity index (χ0n) is 13.7. The van der Waals surface area contributed by atoms with Crippen molar-refractivity contribution in [2.24, 2.45) is 0 Å². The van der Waals surface area contributed by atoms with Crippen LogP contribution in [0.4, 0.5) is 13.2 Å². The fourth-order valence-corrected chi connectivity index (χ4v) is 3.15. The Hall–Kier alpha value is -2.55. The zero-order valence-corrected chi connectivity index (χ0v) is 14.5. The van der Waals surface area contributed by atoms with Gasteiger partial charge in [-0.1, -0.05) is 12.1 Å². The summed E-state index contributed by atoms with van der Waals surface area (Å²) >= 11 is 0. The number of aryl methyl sites for hydroxylation is 1. The van der Waals surface area contributed by atoms with Crippen molar-refractivity contribution < 1.29 is 31.1 Å². The highest BCUT2D eigenvalue weighted by Crippen LogP contribution is 2.29. The van der Waals surface area contributed by atoms with Crippen LogP contribution in [0.1, 0.15) is 17.5 Å². The van der Waals surface area contributed by atoms with E-state index in [0.29, 0.717) is 24.3 Å². The Morgan fingerprint density at radius 1 is 1.04 bits per heavy atom. The molecular formula is C17H16F3NO4S. The Morgan fingerprint density at radius 3 is 2.12 bits per heavy atom. The molecule has 2 aromatic carbocycles. The molecule has 5 nitrogen and oxygen atoms in total. The number of amides is 1. The number of hydrogen-bond donors (Lipinski definition) is 1. The number of halogens is 3. The molecular weight excluding hydrogens is 371 g/mol. The molecule has 26 heavy (non-hydrogen) atoms. The van der Waals surface area contributed by atoms with Gasteiger partial charge < -0.3 is 4.74 Å². The van der Waals surface area contributed by atoms with Gasteiger partial charge in [-0.2, -0.15) is 13.2 Å². The number of alkyl halides is 3. The van der Waals surface area contributed by atoms with Gasteiger partial charge >= 0.3 is 6.18 Å². The minimum Gasteiger partial charge on any atom is -0.497 e. The quantitative estimate of drug-likeness (QED) is 0.827. The van der Waals surface area contributed by atoms with Crippen LogP contribution in [0.3, 0.4) is 0 Å². The van der Waals surface area contributed by atoms with E-state index >= 15 is 0 Å². The van der Waals surface area contributed by atoms with E-state index < -0.39 is 32.6 Å². The lowest BCUT2D eigenvalue weighted by Crippen LogP contribution is -2.30. The van der Waals surface area contributed by atoms with E-state index in [-0.39, 0.29) is 6.42 Å². The van der Waals surface area contributed by atoms with Crippen LogP contribution in [0.15, 0.2) is 53.4 Å². The summed E-state index contributed by atoms with van der Waals surface area (Å²) in [4.78, 5) is 11.4. The van der Waals surface area contributed by atoms with Crippen molar-refractivity contribution in [2.75, 3.05) is 7.11 Å². The molecule has 1 amide bonds. The Bertz CT molecular complexity index is 860. The van der Waals surface area contributed by atoms with Gasteiger partial charge in [0.05, 0.1) is 17.6 Å². The Kier molecular flexibility index (Phi) is 5.91. The number of ether oxygens (including phenoxy) is 1. The average Bonchev–Trinajstić information content (AvgIpc) is 2.59. The average molecular weight is 387 g/mol. The largest absolute Gasteiger partial charge is 0.497 e. The number of benzene rings is 2. The first-order valence-corrected chi connectivity index (χ1v) is 8.96. The molecule has 2 aromatic rings. The Labute approximate surface area is 148 Å². The minimum absolute atomic E-state index is 0.0911. The summed E-state index contributed by atoms with van der Waals surface area (Å²) in [6.45, 7) is 0. The van der Waals surface area contributed by atoms with Crippen LogP contribution in [-0.4, -0.2) is 21.4 Å². The van der Waals surface area contributed by atoms with Crippen molar-refractivity contribution in [3.8, 4) is 5.75 Å². The molecule has 140 valence electrons. The lowest BCUT2D eigenvalue weighted by Gasteiger charge is -2.09. The second-order valence-electron chi connectivity index (χ2n) is 5.40. The molecule has 1 N–H and O–H groups in total. The maximum Gasteiger partial charge on any atom is 0.416 e. The summed E-state index contributed by atoms with van der Waals surface area (Å²) in [6.07, 6.45) is -4.35. The molecule has 0 saturated carbocycles. The van der Waals surface area contributed by atoms with Crippen LogP contribution in [0, 0.1) is 0 Å². The van der Waals surface area contributed by atoms with E-state index in [2.05, 4.69) is 0 Å². The van der Waals surface area contributed by atoms with Gasteiger partial charge in [-0.05, 0) is 48.4 Å². The Morgan fingerprint density at radius 2 is 1.62 bits per heavy atom. The van der Waals surface area contributed by atoms with Gasteiger partial charge in [0, 0.05) is 6.42 Å². The smallest absolute Gasteiger partial charge is 0.416 e. The highest BCUT2D eigenvalue weighted by Gasteiger charge is 2.30. The van der Waals surface area contributed by atoms with Gasteiger partial charge in [0.15, 0.2) is 0 Å². The third-order valence-corrected chi connectivity index (χ3v) is 4.93. The maximum absolute atomic E-state index is 12.5. The van der Waals surface area contributed by atoms with Crippen LogP contribution in [0.5, 0.6) is 5.75 Å². The highest BCUT2D eigenvalue weighted by atomic mass is 32.2. The molecule has 0 aliphatic heterocycles. The maximum atomic E-state index is 12.5. The van der Waals surface area contributed by atoms with Crippen molar-refractivity contribution in [2.45, 2.75) is 23.9 Å². The predicted molar refractivity (Wildman–Crippen MR) is 88.1 cm³/mol. The number of hydrogen-bond acceptors (Lipinski definition) is 4. The Balaban J connectivity index is 1.98. The van der Waals surface area contributed by atoms with E-state index in [1.807, 2.05) is 4.72 Å². The molecule has 0 unspecified atom stereocenters. The first-order chi connectivity index (χ1) is 12.1. The van der Waals surface area contributed by atoms with E-state index in [0.717, 1.165) is 17.7 Å². The number of carbonyl (C=O) groups is 1. The summed E-state index contributed by atoms with van der Waals surface area (Å²) in [6, 6.07) is 9.84. The molecule has 2 rings (SSSR count). The molecule has 0 bridgehead atoms. The lowest BCUT2D eigenvalue weighted by atomic mass is 10.1. The standard InChI is InChI=1S/C17H16F3NO4S/c1-25-14-7-2-12(3-8-14)4-11-16(22)21-26(23,24)15-9-5-13(6-10-15)17(18,19)20/h2-3,5-10H,4,11H2,1H3,(H,21,22). The normalized spacial score (nSPS) is 11.8. The first-order valence-electron chi connectivity index (χ1n) is 7.47. The van der Waals surface area contributed by atoms with Crippen molar-refractivity contribution in [3.05, 3.63) is 59.7 Å². The number of methoxy groups -OCH3 is 1. The van der Waals surface area contributed by atoms with Gasteiger partial charge in [-0.3, -0.25) is 4.79 Å². The van der Waals surface area contributed by atoms with E-state index in [1.54, 1.807) is 24.3 Å². The minimum atomic E-state index is -4.57. The summed E-state index contributed by atoms with van der Waals surface area (Å²) in [7, 11) is -2.70. The van der Waals surface area contributed by atoms with E-state index in [1.165, 1.54) is 7.11 Å². The van der Waals surface area contributed by atoms with Crippen LogP contribution in [0.25, 0.3) is 0 Å². The van der Waals surface area contributed by atoms with Gasteiger partial charge in [0.1, 0.15) is 5.75 Å². The third-order valence-electron chi connectivity index (χ3n) is 3.54. The monoisotopic (exact) mass is 387 g/mol. The van der Waals surface area contributed by atoms with Crippen LogP contribution in [0.2, 0.25) is 0 Å². The van der Waals surface area contributed by atoms with Crippen LogP contribution >= 0.6 is 0 Å². The van der Waals surface area contributed by atoms with E-state index in [9.17, 15) is 26.4 Å². The SMILES string of the molecule is COc1ccc(CCC(=O)NS(=O)(=O)c2ccc(C(F)(F)F)cc2)cc1. The molecule has 9 heteroatoms. The fraction of sp³-hybridized carbons (Fsp3) is 0.235. The second kappa shape index (κ2) is 7.77. The topological polar surface area (TPSA) is 72.5 Å². The number of carbonyl (C=O) groups excluding carboxylic acids is 1.